The Bertz CT molecular complexity index is 415. The van der Waals surface area contributed by atoms with Crippen LogP contribution in [-0.4, -0.2) is 48.4 Å². The van der Waals surface area contributed by atoms with E-state index in [1.54, 1.807) is 18.4 Å². The minimum Gasteiger partial charge on any atom is -0.377 e. The van der Waals surface area contributed by atoms with Gasteiger partial charge in [0.15, 0.2) is 0 Å². The van der Waals surface area contributed by atoms with E-state index in [0.29, 0.717) is 0 Å². The van der Waals surface area contributed by atoms with Gasteiger partial charge >= 0.3 is 0 Å². The standard InChI is InChI=1S/C13H20N2O2S/c1-10-11(18-9-14-10)6-15-7-12(16-2)13(8-15)4-3-5-17-13/h9,12H,3-8H2,1-2H3/t12-,13-/m0/s1. The second kappa shape index (κ2) is 4.89. The Balaban J connectivity index is 1.71. The molecule has 0 saturated carbocycles. The smallest absolute Gasteiger partial charge is 0.108 e. The van der Waals surface area contributed by atoms with E-state index < -0.39 is 0 Å². The summed E-state index contributed by atoms with van der Waals surface area (Å²) in [5.74, 6) is 0. The van der Waals surface area contributed by atoms with Crippen molar-refractivity contribution in [3.8, 4) is 0 Å². The molecule has 0 amide bonds. The van der Waals surface area contributed by atoms with Crippen molar-refractivity contribution in [3.05, 3.63) is 16.1 Å². The molecule has 2 saturated heterocycles. The SMILES string of the molecule is CO[C@H]1CN(Cc2scnc2C)C[C@@]12CCCO2. The van der Waals surface area contributed by atoms with E-state index in [-0.39, 0.29) is 11.7 Å². The lowest BCUT2D eigenvalue weighted by Crippen LogP contribution is -2.41. The van der Waals surface area contributed by atoms with Crippen LogP contribution in [0.25, 0.3) is 0 Å². The lowest BCUT2D eigenvalue weighted by molar-refractivity contribution is -0.0756. The summed E-state index contributed by atoms with van der Waals surface area (Å²) < 4.78 is 11.7. The van der Waals surface area contributed by atoms with Gasteiger partial charge in [-0.3, -0.25) is 4.90 Å². The fourth-order valence-corrected chi connectivity index (χ4v) is 3.95. The van der Waals surface area contributed by atoms with Gasteiger partial charge in [0.1, 0.15) is 5.60 Å². The Labute approximate surface area is 112 Å². The molecular weight excluding hydrogens is 248 g/mol. The zero-order chi connectivity index (χ0) is 12.6. The van der Waals surface area contributed by atoms with Crippen molar-refractivity contribution in [1.29, 1.82) is 0 Å². The van der Waals surface area contributed by atoms with Crippen molar-refractivity contribution in [1.82, 2.24) is 9.88 Å². The zero-order valence-corrected chi connectivity index (χ0v) is 11.8. The maximum Gasteiger partial charge on any atom is 0.108 e. The summed E-state index contributed by atoms with van der Waals surface area (Å²) >= 11 is 1.74. The fourth-order valence-electron chi connectivity index (χ4n) is 3.13. The molecule has 3 heterocycles. The highest BCUT2D eigenvalue weighted by Crippen LogP contribution is 2.37. The first-order valence-electron chi connectivity index (χ1n) is 6.51. The highest BCUT2D eigenvalue weighted by Gasteiger charge is 2.50. The van der Waals surface area contributed by atoms with E-state index in [4.69, 9.17) is 9.47 Å². The van der Waals surface area contributed by atoms with Gasteiger partial charge < -0.3 is 9.47 Å². The van der Waals surface area contributed by atoms with Crippen LogP contribution < -0.4 is 0 Å². The van der Waals surface area contributed by atoms with E-state index >= 15 is 0 Å². The normalized spacial score (nSPS) is 32.7. The van der Waals surface area contributed by atoms with E-state index in [2.05, 4.69) is 16.8 Å². The number of hydrogen-bond donors (Lipinski definition) is 0. The monoisotopic (exact) mass is 268 g/mol. The number of thiazole rings is 1. The van der Waals surface area contributed by atoms with Crippen LogP contribution in [0.2, 0.25) is 0 Å². The van der Waals surface area contributed by atoms with Gasteiger partial charge in [-0.15, -0.1) is 11.3 Å². The summed E-state index contributed by atoms with van der Waals surface area (Å²) in [6.45, 7) is 5.89. The first-order valence-corrected chi connectivity index (χ1v) is 7.39. The third kappa shape index (κ3) is 2.09. The van der Waals surface area contributed by atoms with Gasteiger partial charge in [-0.2, -0.15) is 0 Å². The molecule has 0 N–H and O–H groups in total. The molecule has 0 bridgehead atoms. The molecule has 0 aliphatic carbocycles. The third-order valence-electron chi connectivity index (χ3n) is 4.13. The predicted octanol–water partition coefficient (Wildman–Crippen LogP) is 1.83. The highest BCUT2D eigenvalue weighted by atomic mass is 32.1. The van der Waals surface area contributed by atoms with Crippen molar-refractivity contribution in [3.63, 3.8) is 0 Å². The predicted molar refractivity (Wildman–Crippen MR) is 70.8 cm³/mol. The Morgan fingerprint density at radius 1 is 1.67 bits per heavy atom. The van der Waals surface area contributed by atoms with Crippen LogP contribution in [0, 0.1) is 6.92 Å². The summed E-state index contributed by atoms with van der Waals surface area (Å²) in [6.07, 6.45) is 2.50. The average Bonchev–Trinajstić information content (AvgIpc) is 3.05. The molecule has 2 fully saturated rings. The molecular formula is C13H20N2O2S. The fraction of sp³-hybridized carbons (Fsp3) is 0.769. The largest absolute Gasteiger partial charge is 0.377 e. The number of likely N-dealkylation sites (tertiary alicyclic amines) is 1. The summed E-state index contributed by atoms with van der Waals surface area (Å²) in [4.78, 5) is 8.12. The summed E-state index contributed by atoms with van der Waals surface area (Å²) in [6, 6.07) is 0. The van der Waals surface area contributed by atoms with Gasteiger partial charge in [-0.1, -0.05) is 0 Å². The lowest BCUT2D eigenvalue weighted by atomic mass is 9.97. The van der Waals surface area contributed by atoms with E-state index in [9.17, 15) is 0 Å². The van der Waals surface area contributed by atoms with Crippen molar-refractivity contribution >= 4 is 11.3 Å². The Hall–Kier alpha value is -0.490. The van der Waals surface area contributed by atoms with Crippen LogP contribution in [-0.2, 0) is 16.0 Å². The second-order valence-electron chi connectivity index (χ2n) is 5.27. The summed E-state index contributed by atoms with van der Waals surface area (Å²) in [5.41, 5.74) is 3.03. The third-order valence-corrected chi connectivity index (χ3v) is 5.05. The average molecular weight is 268 g/mol. The molecule has 0 radical (unpaired) electrons. The number of hydrogen-bond acceptors (Lipinski definition) is 5. The highest BCUT2D eigenvalue weighted by molar-refractivity contribution is 7.09. The first-order chi connectivity index (χ1) is 8.73. The maximum atomic E-state index is 6.01. The van der Waals surface area contributed by atoms with Gasteiger partial charge in [0.2, 0.25) is 0 Å². The molecule has 0 aromatic carbocycles. The van der Waals surface area contributed by atoms with Gasteiger partial charge in [-0.05, 0) is 19.8 Å². The molecule has 3 rings (SSSR count). The molecule has 5 heteroatoms. The quantitative estimate of drug-likeness (QED) is 0.837. The van der Waals surface area contributed by atoms with Crippen LogP contribution >= 0.6 is 11.3 Å². The van der Waals surface area contributed by atoms with Gasteiger partial charge in [0.25, 0.3) is 0 Å². The molecule has 1 aromatic rings. The molecule has 18 heavy (non-hydrogen) atoms. The molecule has 2 aliphatic heterocycles. The van der Waals surface area contributed by atoms with Crippen molar-refractivity contribution in [2.24, 2.45) is 0 Å². The Kier molecular flexibility index (Phi) is 3.40. The number of aryl methyl sites for hydroxylation is 1. The number of nitrogens with zero attached hydrogens (tertiary/aromatic N) is 2. The first kappa shape index (κ1) is 12.5. The number of aromatic nitrogens is 1. The van der Waals surface area contributed by atoms with E-state index in [1.165, 1.54) is 4.88 Å². The molecule has 1 spiro atoms. The number of ether oxygens (including phenoxy) is 2. The maximum absolute atomic E-state index is 6.01. The van der Waals surface area contributed by atoms with Crippen LogP contribution in [0.4, 0.5) is 0 Å². The minimum atomic E-state index is -0.0483. The van der Waals surface area contributed by atoms with Crippen LogP contribution in [0.1, 0.15) is 23.4 Å². The molecule has 2 aliphatic rings. The van der Waals surface area contributed by atoms with E-state index in [0.717, 1.165) is 44.8 Å². The van der Waals surface area contributed by atoms with Crippen LogP contribution in [0.5, 0.6) is 0 Å². The van der Waals surface area contributed by atoms with Crippen molar-refractivity contribution in [2.75, 3.05) is 26.8 Å². The van der Waals surface area contributed by atoms with Crippen molar-refractivity contribution < 1.29 is 9.47 Å². The summed E-state index contributed by atoms with van der Waals surface area (Å²) in [7, 11) is 1.80. The molecule has 4 nitrogen and oxygen atoms in total. The van der Waals surface area contributed by atoms with Gasteiger partial charge in [0.05, 0.1) is 17.3 Å². The van der Waals surface area contributed by atoms with E-state index in [1.807, 2.05) is 5.51 Å². The number of rotatable bonds is 3. The van der Waals surface area contributed by atoms with Crippen molar-refractivity contribution in [2.45, 2.75) is 38.0 Å². The minimum absolute atomic E-state index is 0.0483. The van der Waals surface area contributed by atoms with Crippen LogP contribution in [0.3, 0.4) is 0 Å². The Morgan fingerprint density at radius 3 is 3.17 bits per heavy atom. The zero-order valence-electron chi connectivity index (χ0n) is 11.0. The van der Waals surface area contributed by atoms with Gasteiger partial charge in [-0.25, -0.2) is 4.98 Å². The molecule has 1 aromatic heterocycles. The second-order valence-corrected chi connectivity index (χ2v) is 6.21. The molecule has 100 valence electrons. The molecule has 0 unspecified atom stereocenters. The Morgan fingerprint density at radius 2 is 2.56 bits per heavy atom. The van der Waals surface area contributed by atoms with Gasteiger partial charge in [0, 0.05) is 38.2 Å². The van der Waals surface area contributed by atoms with Crippen LogP contribution in [0.15, 0.2) is 5.51 Å². The number of methoxy groups -OCH3 is 1. The lowest BCUT2D eigenvalue weighted by Gasteiger charge is -2.28. The topological polar surface area (TPSA) is 34.6 Å². The molecule has 2 atom stereocenters. The summed E-state index contributed by atoms with van der Waals surface area (Å²) in [5, 5.41) is 0.